The van der Waals surface area contributed by atoms with Gasteiger partial charge >= 0.3 is 6.09 Å². The number of aromatic nitrogens is 2. The summed E-state index contributed by atoms with van der Waals surface area (Å²) in [5.41, 5.74) is -0.540. The largest absolute Gasteiger partial charge is 0.491 e. The SMILES string of the molecule is CCOc1cnn(C2CC(O)CCC2NC(=O)OC(C)(C)C)c1. The number of nitrogens with one attached hydrogen (secondary N) is 1. The van der Waals surface area contributed by atoms with Crippen LogP contribution in [-0.2, 0) is 4.74 Å². The third kappa shape index (κ3) is 5.13. The van der Waals surface area contributed by atoms with Gasteiger partial charge in [0.15, 0.2) is 5.75 Å². The molecule has 130 valence electrons. The van der Waals surface area contributed by atoms with Gasteiger partial charge in [-0.2, -0.15) is 5.10 Å². The highest BCUT2D eigenvalue weighted by Gasteiger charge is 2.33. The van der Waals surface area contributed by atoms with Gasteiger partial charge in [0, 0.05) is 0 Å². The second kappa shape index (κ2) is 7.21. The van der Waals surface area contributed by atoms with Gasteiger partial charge in [-0.25, -0.2) is 4.79 Å². The van der Waals surface area contributed by atoms with Crippen LogP contribution in [-0.4, -0.2) is 45.3 Å². The quantitative estimate of drug-likeness (QED) is 0.887. The maximum absolute atomic E-state index is 12.0. The molecule has 1 aromatic rings. The van der Waals surface area contributed by atoms with Crippen molar-refractivity contribution < 1.29 is 19.4 Å². The van der Waals surface area contributed by atoms with Gasteiger partial charge in [-0.3, -0.25) is 4.68 Å². The average Bonchev–Trinajstić information content (AvgIpc) is 2.87. The molecule has 2 rings (SSSR count). The lowest BCUT2D eigenvalue weighted by Crippen LogP contribution is -2.47. The first kappa shape index (κ1) is 17.6. The molecule has 1 aliphatic rings. The van der Waals surface area contributed by atoms with Gasteiger partial charge in [0.2, 0.25) is 0 Å². The zero-order chi connectivity index (χ0) is 17.0. The summed E-state index contributed by atoms with van der Waals surface area (Å²) in [6.07, 6.45) is 4.47. The Hall–Kier alpha value is -1.76. The first-order valence-corrected chi connectivity index (χ1v) is 8.13. The van der Waals surface area contributed by atoms with Crippen molar-refractivity contribution in [3.63, 3.8) is 0 Å². The van der Waals surface area contributed by atoms with Crippen LogP contribution in [0.5, 0.6) is 5.75 Å². The van der Waals surface area contributed by atoms with Gasteiger partial charge in [0.1, 0.15) is 5.60 Å². The number of rotatable bonds is 4. The first-order valence-electron chi connectivity index (χ1n) is 8.13. The Morgan fingerprint density at radius 2 is 2.22 bits per heavy atom. The predicted octanol–water partition coefficient (Wildman–Crippen LogP) is 2.26. The highest BCUT2D eigenvalue weighted by molar-refractivity contribution is 5.68. The molecule has 23 heavy (non-hydrogen) atoms. The van der Waals surface area contributed by atoms with E-state index in [1.54, 1.807) is 17.1 Å². The molecule has 7 heteroatoms. The minimum atomic E-state index is -0.540. The van der Waals surface area contributed by atoms with E-state index in [4.69, 9.17) is 9.47 Å². The monoisotopic (exact) mass is 325 g/mol. The molecule has 3 atom stereocenters. The summed E-state index contributed by atoms with van der Waals surface area (Å²) in [6.45, 7) is 7.97. The molecule has 1 aromatic heterocycles. The van der Waals surface area contributed by atoms with E-state index in [1.807, 2.05) is 27.7 Å². The minimum Gasteiger partial charge on any atom is -0.491 e. The summed E-state index contributed by atoms with van der Waals surface area (Å²) in [6, 6.07) is -0.261. The van der Waals surface area contributed by atoms with Crippen LogP contribution in [0.4, 0.5) is 4.79 Å². The van der Waals surface area contributed by atoms with Crippen LogP contribution in [0.3, 0.4) is 0 Å². The fourth-order valence-electron chi connectivity index (χ4n) is 2.79. The molecule has 0 bridgehead atoms. The number of carbonyl (C=O) groups excluding carboxylic acids is 1. The second-order valence-corrected chi connectivity index (χ2v) is 6.88. The van der Waals surface area contributed by atoms with Crippen LogP contribution in [0.1, 0.15) is 53.0 Å². The fourth-order valence-corrected chi connectivity index (χ4v) is 2.79. The minimum absolute atomic E-state index is 0.125. The van der Waals surface area contributed by atoms with Crippen molar-refractivity contribution >= 4 is 6.09 Å². The van der Waals surface area contributed by atoms with Crippen LogP contribution >= 0.6 is 0 Å². The molecule has 1 saturated carbocycles. The average molecular weight is 325 g/mol. The third-order valence-corrected chi connectivity index (χ3v) is 3.72. The number of nitrogens with zero attached hydrogens (tertiary/aromatic N) is 2. The Bertz CT molecular complexity index is 524. The van der Waals surface area contributed by atoms with E-state index in [0.717, 1.165) is 0 Å². The van der Waals surface area contributed by atoms with Crippen molar-refractivity contribution in [2.24, 2.45) is 0 Å². The summed E-state index contributed by atoms with van der Waals surface area (Å²) in [7, 11) is 0. The highest BCUT2D eigenvalue weighted by atomic mass is 16.6. The summed E-state index contributed by atoms with van der Waals surface area (Å²) in [5.74, 6) is 0.684. The standard InChI is InChI=1S/C16H27N3O4/c1-5-22-12-9-17-19(10-12)14-8-11(20)6-7-13(14)18-15(21)23-16(2,3)4/h9-11,13-14,20H,5-8H2,1-4H3,(H,18,21). The number of ether oxygens (including phenoxy) is 2. The second-order valence-electron chi connectivity index (χ2n) is 6.88. The Morgan fingerprint density at radius 3 is 2.87 bits per heavy atom. The van der Waals surface area contributed by atoms with Crippen LogP contribution in [0.25, 0.3) is 0 Å². The van der Waals surface area contributed by atoms with Gasteiger partial charge in [-0.15, -0.1) is 0 Å². The normalized spacial score (nSPS) is 25.0. The number of hydrogen-bond donors (Lipinski definition) is 2. The van der Waals surface area contributed by atoms with Gasteiger partial charge in [0.25, 0.3) is 0 Å². The number of alkyl carbamates (subject to hydrolysis) is 1. The maximum Gasteiger partial charge on any atom is 0.407 e. The van der Waals surface area contributed by atoms with Crippen molar-refractivity contribution in [3.05, 3.63) is 12.4 Å². The highest BCUT2D eigenvalue weighted by Crippen LogP contribution is 2.30. The summed E-state index contributed by atoms with van der Waals surface area (Å²) in [4.78, 5) is 12.0. The van der Waals surface area contributed by atoms with Crippen molar-refractivity contribution in [3.8, 4) is 5.75 Å². The van der Waals surface area contributed by atoms with E-state index in [-0.39, 0.29) is 12.1 Å². The maximum atomic E-state index is 12.0. The smallest absolute Gasteiger partial charge is 0.407 e. The van der Waals surface area contributed by atoms with Gasteiger partial charge in [0.05, 0.1) is 37.2 Å². The number of aliphatic hydroxyl groups excluding tert-OH is 1. The Kier molecular flexibility index (Phi) is 5.51. The third-order valence-electron chi connectivity index (χ3n) is 3.72. The van der Waals surface area contributed by atoms with Crippen molar-refractivity contribution in [2.45, 2.75) is 70.7 Å². The molecular formula is C16H27N3O4. The van der Waals surface area contributed by atoms with E-state index in [1.165, 1.54) is 0 Å². The summed E-state index contributed by atoms with van der Waals surface area (Å²) >= 11 is 0. The molecule has 7 nitrogen and oxygen atoms in total. The molecule has 1 fully saturated rings. The molecule has 1 heterocycles. The fraction of sp³-hybridized carbons (Fsp3) is 0.750. The van der Waals surface area contributed by atoms with Crippen LogP contribution in [0.15, 0.2) is 12.4 Å². The van der Waals surface area contributed by atoms with Crippen molar-refractivity contribution in [1.82, 2.24) is 15.1 Å². The molecule has 0 aromatic carbocycles. The van der Waals surface area contributed by atoms with Crippen molar-refractivity contribution in [1.29, 1.82) is 0 Å². The van der Waals surface area contributed by atoms with Gasteiger partial charge < -0.3 is 19.9 Å². The molecule has 0 spiro atoms. The van der Waals surface area contributed by atoms with Crippen LogP contribution in [0.2, 0.25) is 0 Å². The van der Waals surface area contributed by atoms with E-state index < -0.39 is 17.8 Å². The summed E-state index contributed by atoms with van der Waals surface area (Å²) in [5, 5.41) is 17.2. The van der Waals surface area contributed by atoms with Crippen molar-refractivity contribution in [2.75, 3.05) is 6.61 Å². The molecular weight excluding hydrogens is 298 g/mol. The lowest BCUT2D eigenvalue weighted by Gasteiger charge is -2.35. The molecule has 0 saturated heterocycles. The Labute approximate surface area is 137 Å². The Balaban J connectivity index is 2.07. The molecule has 1 amide bonds. The summed E-state index contributed by atoms with van der Waals surface area (Å²) < 4.78 is 12.5. The van der Waals surface area contributed by atoms with Gasteiger partial charge in [-0.1, -0.05) is 0 Å². The zero-order valence-electron chi connectivity index (χ0n) is 14.3. The molecule has 0 aliphatic heterocycles. The molecule has 0 radical (unpaired) electrons. The van der Waals surface area contributed by atoms with Crippen LogP contribution < -0.4 is 10.1 Å². The van der Waals surface area contributed by atoms with E-state index in [2.05, 4.69) is 10.4 Å². The predicted molar refractivity (Wildman–Crippen MR) is 85.4 cm³/mol. The Morgan fingerprint density at radius 1 is 1.48 bits per heavy atom. The number of carbonyl (C=O) groups is 1. The number of amides is 1. The van der Waals surface area contributed by atoms with E-state index in [9.17, 15) is 9.90 Å². The topological polar surface area (TPSA) is 85.6 Å². The number of aliphatic hydroxyl groups is 1. The molecule has 3 unspecified atom stereocenters. The van der Waals surface area contributed by atoms with Crippen LogP contribution in [0, 0.1) is 0 Å². The lowest BCUT2D eigenvalue weighted by molar-refractivity contribution is 0.0387. The first-order chi connectivity index (χ1) is 10.8. The molecule has 1 aliphatic carbocycles. The van der Waals surface area contributed by atoms with E-state index >= 15 is 0 Å². The van der Waals surface area contributed by atoms with E-state index in [0.29, 0.717) is 31.6 Å². The zero-order valence-corrected chi connectivity index (χ0v) is 14.3. The molecule has 2 N–H and O–H groups in total. The number of hydrogen-bond acceptors (Lipinski definition) is 5. The lowest BCUT2D eigenvalue weighted by atomic mass is 9.88. The van der Waals surface area contributed by atoms with Gasteiger partial charge in [-0.05, 0) is 47.0 Å².